The monoisotopic (exact) mass is 357 g/mol. The number of halogens is 1. The molecule has 0 bridgehead atoms. The highest BCUT2D eigenvalue weighted by atomic mass is 19.1. The minimum atomic E-state index is -1.66. The van der Waals surface area contributed by atoms with Crippen LogP contribution in [0.25, 0.3) is 0 Å². The first kappa shape index (κ1) is 16.7. The molecular weight excluding hydrogens is 337 g/mol. The first-order valence-electron chi connectivity index (χ1n) is 8.74. The molecule has 4 rings (SSSR count). The van der Waals surface area contributed by atoms with Crippen LogP contribution in [-0.4, -0.2) is 24.2 Å². The molecule has 26 heavy (non-hydrogen) atoms. The number of hydrogen-bond acceptors (Lipinski definition) is 4. The number of carbonyl (C=O) groups is 1. The number of anilines is 1. The molecule has 6 heteroatoms. The average Bonchev–Trinajstić information content (AvgIpc) is 3.24. The summed E-state index contributed by atoms with van der Waals surface area (Å²) in [5, 5.41) is 10.4. The van der Waals surface area contributed by atoms with Crippen LogP contribution in [-0.2, 0) is 0 Å². The van der Waals surface area contributed by atoms with Gasteiger partial charge in [-0.2, -0.15) is 0 Å². The number of phenols is 1. The van der Waals surface area contributed by atoms with Gasteiger partial charge in [0, 0.05) is 23.3 Å². The quantitative estimate of drug-likeness (QED) is 0.827. The number of ether oxygens (including phenoxy) is 2. The Morgan fingerprint density at radius 2 is 1.88 bits per heavy atom. The summed E-state index contributed by atoms with van der Waals surface area (Å²) in [6.07, 6.45) is 2.50. The minimum absolute atomic E-state index is 0.0638. The molecular formula is C20H20FNO4. The van der Waals surface area contributed by atoms with Crippen molar-refractivity contribution in [2.45, 2.75) is 38.1 Å². The zero-order valence-electron chi connectivity index (χ0n) is 14.4. The van der Waals surface area contributed by atoms with E-state index in [1.807, 2.05) is 0 Å². The van der Waals surface area contributed by atoms with Gasteiger partial charge < -0.3 is 14.6 Å². The highest BCUT2D eigenvalue weighted by Crippen LogP contribution is 2.46. The van der Waals surface area contributed by atoms with Crippen LogP contribution in [0.1, 0.15) is 47.9 Å². The normalized spacial score (nSPS) is 19.7. The molecule has 1 aliphatic heterocycles. The molecule has 0 aromatic heterocycles. The van der Waals surface area contributed by atoms with Crippen LogP contribution in [0.3, 0.4) is 0 Å². The molecule has 1 saturated carbocycles. The molecule has 1 N–H and O–H groups in total. The first-order valence-corrected chi connectivity index (χ1v) is 8.74. The van der Waals surface area contributed by atoms with Crippen molar-refractivity contribution < 1.29 is 23.8 Å². The third-order valence-electron chi connectivity index (χ3n) is 5.01. The van der Waals surface area contributed by atoms with Crippen molar-refractivity contribution in [3.63, 3.8) is 0 Å². The Bertz CT molecular complexity index is 848. The van der Waals surface area contributed by atoms with Gasteiger partial charge in [0.05, 0.1) is 18.9 Å². The lowest BCUT2D eigenvalue weighted by Gasteiger charge is -2.23. The van der Waals surface area contributed by atoms with Gasteiger partial charge in [-0.15, -0.1) is 0 Å². The molecule has 2 aliphatic rings. The number of aromatic hydroxyl groups is 1. The SMILES string of the molecule is COc1cc(O)c(N2C(=O)c3ccccc3C2F)cc1OC1CCCC1. The van der Waals surface area contributed by atoms with Gasteiger partial charge in [-0.1, -0.05) is 18.2 Å². The molecule has 1 heterocycles. The molecule has 136 valence electrons. The largest absolute Gasteiger partial charge is 0.506 e. The van der Waals surface area contributed by atoms with E-state index in [9.17, 15) is 14.3 Å². The predicted molar refractivity (Wildman–Crippen MR) is 94.6 cm³/mol. The highest BCUT2D eigenvalue weighted by Gasteiger charge is 2.39. The topological polar surface area (TPSA) is 59.0 Å². The summed E-state index contributed by atoms with van der Waals surface area (Å²) < 4.78 is 26.2. The van der Waals surface area contributed by atoms with Crippen LogP contribution >= 0.6 is 0 Å². The standard InChI is InChI=1S/C20H20FNO4/c1-25-17-11-16(23)15(10-18(17)26-12-6-2-3-7-12)22-19(21)13-8-4-5-9-14(13)20(22)24/h4-5,8-12,19,23H,2-3,6-7H2,1H3. The summed E-state index contributed by atoms with van der Waals surface area (Å²) in [5.41, 5.74) is 0.673. The highest BCUT2D eigenvalue weighted by molar-refractivity contribution is 6.11. The number of alkyl halides is 1. The van der Waals surface area contributed by atoms with Gasteiger partial charge in [0.15, 0.2) is 11.5 Å². The summed E-state index contributed by atoms with van der Waals surface area (Å²) in [7, 11) is 1.48. The Labute approximate surface area is 151 Å². The third-order valence-corrected chi connectivity index (χ3v) is 5.01. The van der Waals surface area contributed by atoms with Gasteiger partial charge in [-0.05, 0) is 31.7 Å². The van der Waals surface area contributed by atoms with Crippen molar-refractivity contribution in [2.75, 3.05) is 12.0 Å². The third kappa shape index (κ3) is 2.66. The van der Waals surface area contributed by atoms with Crippen molar-refractivity contribution in [1.82, 2.24) is 0 Å². The average molecular weight is 357 g/mol. The number of carbonyl (C=O) groups excluding carboxylic acids is 1. The molecule has 0 spiro atoms. The summed E-state index contributed by atoms with van der Waals surface area (Å²) in [5.74, 6) is 0.0469. The van der Waals surface area contributed by atoms with Crippen LogP contribution in [0.15, 0.2) is 36.4 Å². The lowest BCUT2D eigenvalue weighted by molar-refractivity contribution is 0.0974. The Kier molecular flexibility index (Phi) is 4.18. The maximum atomic E-state index is 14.9. The fourth-order valence-corrected chi connectivity index (χ4v) is 3.67. The Morgan fingerprint density at radius 1 is 1.15 bits per heavy atom. The van der Waals surface area contributed by atoms with Crippen molar-refractivity contribution >= 4 is 11.6 Å². The summed E-state index contributed by atoms with van der Waals surface area (Å²) in [4.78, 5) is 13.6. The fourth-order valence-electron chi connectivity index (χ4n) is 3.67. The van der Waals surface area contributed by atoms with Gasteiger partial charge >= 0.3 is 0 Å². The Morgan fingerprint density at radius 3 is 2.58 bits per heavy atom. The Hall–Kier alpha value is -2.76. The van der Waals surface area contributed by atoms with E-state index in [0.717, 1.165) is 30.6 Å². The molecule has 0 radical (unpaired) electrons. The van der Waals surface area contributed by atoms with E-state index in [1.165, 1.54) is 19.2 Å². The molecule has 2 aromatic rings. The molecule has 1 atom stereocenters. The van der Waals surface area contributed by atoms with Crippen LogP contribution in [0.5, 0.6) is 17.2 Å². The van der Waals surface area contributed by atoms with E-state index in [1.54, 1.807) is 24.3 Å². The number of nitrogens with zero attached hydrogens (tertiary/aromatic N) is 1. The van der Waals surface area contributed by atoms with Crippen LogP contribution in [0.2, 0.25) is 0 Å². The molecule has 1 unspecified atom stereocenters. The van der Waals surface area contributed by atoms with E-state index in [0.29, 0.717) is 22.6 Å². The lowest BCUT2D eigenvalue weighted by Crippen LogP contribution is -2.25. The summed E-state index contributed by atoms with van der Waals surface area (Å²) in [6, 6.07) is 9.39. The number of rotatable bonds is 4. The van der Waals surface area contributed by atoms with Crippen molar-refractivity contribution in [3.05, 3.63) is 47.5 Å². The molecule has 1 fully saturated rings. The van der Waals surface area contributed by atoms with E-state index in [-0.39, 0.29) is 17.5 Å². The predicted octanol–water partition coefficient (Wildman–Crippen LogP) is 4.35. The Balaban J connectivity index is 1.73. The molecule has 2 aromatic carbocycles. The van der Waals surface area contributed by atoms with E-state index in [2.05, 4.69) is 0 Å². The zero-order chi connectivity index (χ0) is 18.3. The van der Waals surface area contributed by atoms with Gasteiger partial charge in [-0.25, -0.2) is 4.39 Å². The number of phenolic OH excluding ortho intramolecular Hbond substituents is 1. The second-order valence-corrected chi connectivity index (χ2v) is 6.61. The minimum Gasteiger partial charge on any atom is -0.506 e. The zero-order valence-corrected chi connectivity index (χ0v) is 14.4. The number of amides is 1. The van der Waals surface area contributed by atoms with Gasteiger partial charge in [0.1, 0.15) is 5.75 Å². The van der Waals surface area contributed by atoms with E-state index in [4.69, 9.17) is 9.47 Å². The second-order valence-electron chi connectivity index (χ2n) is 6.61. The van der Waals surface area contributed by atoms with Crippen molar-refractivity contribution in [3.8, 4) is 17.2 Å². The van der Waals surface area contributed by atoms with Crippen LogP contribution in [0.4, 0.5) is 10.1 Å². The van der Waals surface area contributed by atoms with Gasteiger partial charge in [0.2, 0.25) is 6.30 Å². The number of fused-ring (bicyclic) bond motifs is 1. The molecule has 1 aliphatic carbocycles. The molecule has 5 nitrogen and oxygen atoms in total. The van der Waals surface area contributed by atoms with E-state index >= 15 is 0 Å². The second kappa shape index (κ2) is 6.52. The molecule has 0 saturated heterocycles. The van der Waals surface area contributed by atoms with Crippen molar-refractivity contribution in [1.29, 1.82) is 0 Å². The summed E-state index contributed by atoms with van der Waals surface area (Å²) in [6.45, 7) is 0. The van der Waals surface area contributed by atoms with Gasteiger partial charge in [-0.3, -0.25) is 9.69 Å². The lowest BCUT2D eigenvalue weighted by atomic mass is 10.1. The molecule has 1 amide bonds. The maximum Gasteiger partial charge on any atom is 0.261 e. The number of hydrogen-bond donors (Lipinski definition) is 1. The van der Waals surface area contributed by atoms with Crippen LogP contribution in [0, 0.1) is 0 Å². The van der Waals surface area contributed by atoms with Crippen LogP contribution < -0.4 is 14.4 Å². The van der Waals surface area contributed by atoms with Crippen molar-refractivity contribution in [2.24, 2.45) is 0 Å². The summed E-state index contributed by atoms with van der Waals surface area (Å²) >= 11 is 0. The number of benzene rings is 2. The first-order chi connectivity index (χ1) is 12.6. The van der Waals surface area contributed by atoms with Gasteiger partial charge in [0.25, 0.3) is 5.91 Å². The fraction of sp³-hybridized carbons (Fsp3) is 0.350. The number of methoxy groups -OCH3 is 1. The smallest absolute Gasteiger partial charge is 0.261 e. The van der Waals surface area contributed by atoms with E-state index < -0.39 is 12.2 Å². The maximum absolute atomic E-state index is 14.9.